The molecule has 0 saturated carbocycles. The molecule has 0 fully saturated rings. The Morgan fingerprint density at radius 2 is 2.00 bits per heavy atom. The van der Waals surface area contributed by atoms with Crippen molar-refractivity contribution in [2.45, 2.75) is 19.4 Å². The molecule has 0 radical (unpaired) electrons. The van der Waals surface area contributed by atoms with Gasteiger partial charge >= 0.3 is 0 Å². The van der Waals surface area contributed by atoms with Crippen LogP contribution in [0.4, 0.5) is 4.39 Å². The van der Waals surface area contributed by atoms with Gasteiger partial charge in [-0.15, -0.1) is 0 Å². The minimum atomic E-state index is -0.237. The van der Waals surface area contributed by atoms with Gasteiger partial charge < -0.3 is 4.57 Å². The van der Waals surface area contributed by atoms with E-state index in [0.29, 0.717) is 0 Å². The van der Waals surface area contributed by atoms with Gasteiger partial charge in [0.25, 0.3) is 0 Å². The number of aromatic nitrogens is 4. The van der Waals surface area contributed by atoms with Crippen LogP contribution in [0, 0.1) is 5.82 Å². The second-order valence-corrected chi connectivity index (χ2v) is 6.57. The third-order valence-electron chi connectivity index (χ3n) is 4.95. The lowest BCUT2D eigenvalue weighted by atomic mass is 9.97. The maximum Gasteiger partial charge on any atom is 0.123 e. The molecule has 0 bridgehead atoms. The molecule has 0 aliphatic carbocycles. The smallest absolute Gasteiger partial charge is 0.123 e. The lowest BCUT2D eigenvalue weighted by Gasteiger charge is -2.07. The average molecular weight is 332 g/mol. The third kappa shape index (κ3) is 2.19. The Morgan fingerprint density at radius 3 is 2.88 bits per heavy atom. The molecular formula is C20H17FN4. The van der Waals surface area contributed by atoms with Gasteiger partial charge in [-0.3, -0.25) is 4.68 Å². The minimum Gasteiger partial charge on any atom is -0.334 e. The first-order valence-electron chi connectivity index (χ1n) is 8.48. The Hall–Kier alpha value is -2.95. The van der Waals surface area contributed by atoms with Crippen LogP contribution in [0.2, 0.25) is 0 Å². The normalized spacial score (nSPS) is 13.5. The summed E-state index contributed by atoms with van der Waals surface area (Å²) in [5.41, 5.74) is 7.20. The zero-order valence-corrected chi connectivity index (χ0v) is 13.9. The van der Waals surface area contributed by atoms with E-state index in [1.165, 1.54) is 11.8 Å². The van der Waals surface area contributed by atoms with Crippen molar-refractivity contribution in [1.29, 1.82) is 0 Å². The summed E-state index contributed by atoms with van der Waals surface area (Å²) in [6.45, 7) is 0.922. The van der Waals surface area contributed by atoms with Crippen LogP contribution >= 0.6 is 0 Å². The molecule has 0 atom stereocenters. The van der Waals surface area contributed by atoms with Crippen LogP contribution in [-0.4, -0.2) is 19.3 Å². The Bertz CT molecular complexity index is 1110. The van der Waals surface area contributed by atoms with Gasteiger partial charge in [0, 0.05) is 30.4 Å². The van der Waals surface area contributed by atoms with Gasteiger partial charge in [-0.1, -0.05) is 18.2 Å². The van der Waals surface area contributed by atoms with Crippen LogP contribution in [0.15, 0.2) is 48.8 Å². The summed E-state index contributed by atoms with van der Waals surface area (Å²) in [5.74, 6) is -0.237. The molecule has 4 aromatic rings. The molecule has 0 N–H and O–H groups in total. The first-order valence-corrected chi connectivity index (χ1v) is 8.48. The second-order valence-electron chi connectivity index (χ2n) is 6.57. The fourth-order valence-corrected chi connectivity index (χ4v) is 3.75. The maximum absolute atomic E-state index is 13.8. The van der Waals surface area contributed by atoms with Gasteiger partial charge in [0.05, 0.1) is 17.4 Å². The zero-order valence-electron chi connectivity index (χ0n) is 13.9. The van der Waals surface area contributed by atoms with E-state index in [4.69, 9.17) is 5.10 Å². The predicted octanol–water partition coefficient (Wildman–Crippen LogP) is 4.19. The van der Waals surface area contributed by atoms with Gasteiger partial charge in [-0.2, -0.15) is 5.10 Å². The van der Waals surface area contributed by atoms with Crippen molar-refractivity contribution >= 4 is 11.0 Å². The van der Waals surface area contributed by atoms with E-state index in [1.807, 2.05) is 30.1 Å². The van der Waals surface area contributed by atoms with Gasteiger partial charge in [0.2, 0.25) is 0 Å². The number of aryl methyl sites for hydroxylation is 2. The van der Waals surface area contributed by atoms with Crippen LogP contribution < -0.4 is 0 Å². The van der Waals surface area contributed by atoms with Crippen LogP contribution in [0.5, 0.6) is 0 Å². The summed E-state index contributed by atoms with van der Waals surface area (Å²) in [7, 11) is 2.00. The number of hydrogen-bond donors (Lipinski definition) is 0. The van der Waals surface area contributed by atoms with E-state index in [1.54, 1.807) is 12.1 Å². The van der Waals surface area contributed by atoms with E-state index < -0.39 is 0 Å². The summed E-state index contributed by atoms with van der Waals surface area (Å²) in [6.07, 6.45) is 3.93. The number of halogens is 1. The Balaban J connectivity index is 1.78. The fraction of sp³-hybridized carbons (Fsp3) is 0.200. The zero-order chi connectivity index (χ0) is 17.0. The number of rotatable bonds is 2. The highest BCUT2D eigenvalue weighted by atomic mass is 19.1. The van der Waals surface area contributed by atoms with Crippen LogP contribution in [-0.2, 0) is 20.0 Å². The molecule has 124 valence electrons. The quantitative estimate of drug-likeness (QED) is 0.552. The van der Waals surface area contributed by atoms with Crippen molar-refractivity contribution in [1.82, 2.24) is 19.3 Å². The topological polar surface area (TPSA) is 35.6 Å². The molecule has 1 aliphatic rings. The molecule has 0 saturated heterocycles. The number of benzene rings is 2. The Labute approximate surface area is 144 Å². The number of fused-ring (bicyclic) bond motifs is 2. The molecule has 5 heteroatoms. The molecule has 2 aromatic carbocycles. The van der Waals surface area contributed by atoms with Gasteiger partial charge in [0.1, 0.15) is 11.5 Å². The summed E-state index contributed by atoms with van der Waals surface area (Å²) < 4.78 is 17.9. The van der Waals surface area contributed by atoms with Crippen LogP contribution in [0.1, 0.15) is 12.1 Å². The van der Waals surface area contributed by atoms with Crippen molar-refractivity contribution in [3.05, 3.63) is 60.3 Å². The molecule has 0 unspecified atom stereocenters. The van der Waals surface area contributed by atoms with Crippen LogP contribution in [0.25, 0.3) is 33.4 Å². The molecule has 0 amide bonds. The molecule has 3 heterocycles. The number of hydrogen-bond acceptors (Lipinski definition) is 2. The van der Waals surface area contributed by atoms with Crippen molar-refractivity contribution in [3.8, 4) is 22.4 Å². The first kappa shape index (κ1) is 14.4. The maximum atomic E-state index is 13.8. The number of nitrogens with zero attached hydrogens (tertiary/aromatic N) is 4. The highest BCUT2D eigenvalue weighted by Gasteiger charge is 2.24. The van der Waals surface area contributed by atoms with Crippen molar-refractivity contribution < 1.29 is 4.39 Å². The number of imidazole rings is 1. The van der Waals surface area contributed by atoms with Crippen molar-refractivity contribution in [2.24, 2.45) is 7.05 Å². The monoisotopic (exact) mass is 332 g/mol. The highest BCUT2D eigenvalue weighted by Crippen LogP contribution is 2.38. The lowest BCUT2D eigenvalue weighted by molar-refractivity contribution is 0.627. The summed E-state index contributed by atoms with van der Waals surface area (Å²) in [4.78, 5) is 4.40. The average Bonchev–Trinajstić information content (AvgIpc) is 3.29. The largest absolute Gasteiger partial charge is 0.334 e. The lowest BCUT2D eigenvalue weighted by Crippen LogP contribution is -1.94. The molecule has 5 rings (SSSR count). The van der Waals surface area contributed by atoms with E-state index in [-0.39, 0.29) is 5.82 Å². The Kier molecular flexibility index (Phi) is 3.04. The Morgan fingerprint density at radius 1 is 1.08 bits per heavy atom. The van der Waals surface area contributed by atoms with Crippen molar-refractivity contribution in [2.75, 3.05) is 0 Å². The molecule has 1 aliphatic heterocycles. The third-order valence-corrected chi connectivity index (χ3v) is 4.95. The van der Waals surface area contributed by atoms with E-state index in [0.717, 1.165) is 52.8 Å². The van der Waals surface area contributed by atoms with Gasteiger partial charge in [-0.25, -0.2) is 9.37 Å². The summed E-state index contributed by atoms with van der Waals surface area (Å²) in [5, 5.41) is 4.80. The molecule has 2 aromatic heterocycles. The predicted molar refractivity (Wildman–Crippen MR) is 95.7 cm³/mol. The van der Waals surface area contributed by atoms with Gasteiger partial charge in [0.15, 0.2) is 0 Å². The van der Waals surface area contributed by atoms with Crippen LogP contribution in [0.3, 0.4) is 0 Å². The minimum absolute atomic E-state index is 0.237. The SMILES string of the molecule is Cn1cnc2ccc(-c3c(-c4cccc(F)c4)nn4c3CCC4)cc21. The molecule has 4 nitrogen and oxygen atoms in total. The van der Waals surface area contributed by atoms with E-state index >= 15 is 0 Å². The fourth-order valence-electron chi connectivity index (χ4n) is 3.75. The summed E-state index contributed by atoms with van der Waals surface area (Å²) >= 11 is 0. The molecule has 25 heavy (non-hydrogen) atoms. The highest BCUT2D eigenvalue weighted by molar-refractivity contribution is 5.88. The standard InChI is InChI=1S/C20H17FN4/c1-24-12-22-16-8-7-13(11-18(16)24)19-17-6-3-9-25(17)23-20(19)14-4-2-5-15(21)10-14/h2,4-5,7-8,10-12H,3,6,9H2,1H3. The van der Waals surface area contributed by atoms with Gasteiger partial charge in [-0.05, 0) is 42.7 Å². The summed E-state index contributed by atoms with van der Waals surface area (Å²) in [6, 6.07) is 13.0. The van der Waals surface area contributed by atoms with E-state index in [9.17, 15) is 4.39 Å². The van der Waals surface area contributed by atoms with E-state index in [2.05, 4.69) is 21.8 Å². The molecular weight excluding hydrogens is 315 g/mol. The first-order chi connectivity index (χ1) is 12.2. The molecule has 0 spiro atoms. The van der Waals surface area contributed by atoms with Crippen molar-refractivity contribution in [3.63, 3.8) is 0 Å². The second kappa shape index (κ2) is 5.28.